The molecule has 2 aliphatic carbocycles. The Balaban J connectivity index is 2.97. The van der Waals surface area contributed by atoms with Crippen LogP contribution in [0.4, 0.5) is 61.5 Å². The lowest BCUT2D eigenvalue weighted by Crippen LogP contribution is -2.87. The van der Waals surface area contributed by atoms with Crippen molar-refractivity contribution in [1.82, 2.24) is 0 Å². The second-order valence-electron chi connectivity index (χ2n) is 5.54. The van der Waals surface area contributed by atoms with Crippen molar-refractivity contribution in [1.29, 1.82) is 0 Å². The van der Waals surface area contributed by atoms with E-state index < -0.39 is 59.7 Å². The molecule has 14 heteroatoms. The van der Waals surface area contributed by atoms with Crippen LogP contribution in [0.5, 0.6) is 0 Å². The molecular weight excluding hydrogens is 386 g/mol. The Morgan fingerprint density at radius 3 is 1.04 bits per heavy atom. The molecule has 24 heavy (non-hydrogen) atoms. The second-order valence-corrected chi connectivity index (χ2v) is 5.54. The molecule has 2 bridgehead atoms. The zero-order valence-electron chi connectivity index (χ0n) is 10.7. The molecule has 2 saturated carbocycles. The van der Waals surface area contributed by atoms with Gasteiger partial charge in [0, 0.05) is 0 Å². The molecule has 2 rings (SSSR count). The fraction of sp³-hybridized carbons (Fsp3) is 1.00. The van der Waals surface area contributed by atoms with E-state index in [2.05, 4.69) is 0 Å². The van der Waals surface area contributed by atoms with Gasteiger partial charge in [0.15, 0.2) is 11.8 Å². The third kappa shape index (κ3) is 1.54. The van der Waals surface area contributed by atoms with E-state index in [1.165, 1.54) is 0 Å². The first-order valence-corrected chi connectivity index (χ1v) is 5.81. The van der Waals surface area contributed by atoms with Crippen molar-refractivity contribution in [2.75, 3.05) is 6.67 Å². The third-order valence-electron chi connectivity index (χ3n) is 4.30. The van der Waals surface area contributed by atoms with Crippen LogP contribution in [0.1, 0.15) is 0 Å². The Morgan fingerprint density at radius 1 is 0.500 bits per heavy atom. The monoisotopic (exact) mass is 390 g/mol. The molecule has 2 unspecified atom stereocenters. The minimum Gasteiger partial charge on any atom is -0.247 e. The van der Waals surface area contributed by atoms with Crippen LogP contribution >= 0.6 is 0 Å². The number of fused-ring (bicyclic) bond motifs is 2. The lowest BCUT2D eigenvalue weighted by atomic mass is 9.56. The van der Waals surface area contributed by atoms with Crippen LogP contribution in [-0.2, 0) is 0 Å². The summed E-state index contributed by atoms with van der Waals surface area (Å²) in [5, 5.41) is 0. The van der Waals surface area contributed by atoms with Gasteiger partial charge in [-0.05, 0) is 0 Å². The molecule has 0 nitrogen and oxygen atoms in total. The van der Waals surface area contributed by atoms with E-state index in [0.29, 0.717) is 0 Å². The second kappa shape index (κ2) is 4.22. The first-order chi connectivity index (χ1) is 10.3. The molecule has 142 valence electrons. The van der Waals surface area contributed by atoms with Crippen molar-refractivity contribution < 1.29 is 61.5 Å². The molecule has 0 aliphatic heterocycles. The van der Waals surface area contributed by atoms with Gasteiger partial charge in [-0.25, -0.2) is 35.1 Å². The van der Waals surface area contributed by atoms with Crippen molar-refractivity contribution in [3.05, 3.63) is 0 Å². The van der Waals surface area contributed by atoms with Crippen molar-refractivity contribution in [3.63, 3.8) is 0 Å². The van der Waals surface area contributed by atoms with Crippen molar-refractivity contribution in [2.45, 2.75) is 41.2 Å². The van der Waals surface area contributed by atoms with Gasteiger partial charge in [-0.2, -0.15) is 26.3 Å². The predicted molar refractivity (Wildman–Crippen MR) is 46.5 cm³/mol. The summed E-state index contributed by atoms with van der Waals surface area (Å²) < 4.78 is 187. The van der Waals surface area contributed by atoms with Crippen molar-refractivity contribution in [2.24, 2.45) is 11.8 Å². The van der Waals surface area contributed by atoms with Gasteiger partial charge in [-0.1, -0.05) is 0 Å². The Morgan fingerprint density at radius 2 is 0.792 bits per heavy atom. The molecule has 0 aromatic heterocycles. The normalized spacial score (nSPS) is 43.2. The summed E-state index contributed by atoms with van der Waals surface area (Å²) in [5.74, 6) is -52.5. The van der Waals surface area contributed by atoms with Crippen LogP contribution in [-0.4, -0.2) is 47.9 Å². The highest BCUT2D eigenvalue weighted by Gasteiger charge is 3.01. The molecule has 0 saturated heterocycles. The van der Waals surface area contributed by atoms with Gasteiger partial charge in [0.1, 0.15) is 6.67 Å². The molecule has 0 spiro atoms. The van der Waals surface area contributed by atoms with Crippen LogP contribution in [0.3, 0.4) is 0 Å². The lowest BCUT2D eigenvalue weighted by molar-refractivity contribution is -0.499. The first-order valence-electron chi connectivity index (χ1n) is 5.81. The smallest absolute Gasteiger partial charge is 0.247 e. The van der Waals surface area contributed by atoms with Gasteiger partial charge in [0.05, 0.1) is 0 Å². The molecule has 0 aromatic carbocycles. The van der Waals surface area contributed by atoms with Crippen LogP contribution in [0.2, 0.25) is 0 Å². The number of hydrogen-bond donors (Lipinski definition) is 0. The quantitative estimate of drug-likeness (QED) is 0.568. The molecule has 2 atom stereocenters. The minimum absolute atomic E-state index is 3.65. The van der Waals surface area contributed by atoms with Gasteiger partial charge < -0.3 is 0 Å². The molecule has 0 amide bonds. The number of alkyl halides is 14. The predicted octanol–water partition coefficient (Wildman–Crippen LogP) is 4.74. The van der Waals surface area contributed by atoms with Gasteiger partial charge in [0.25, 0.3) is 11.6 Å². The summed E-state index contributed by atoms with van der Waals surface area (Å²) in [7, 11) is 0. The van der Waals surface area contributed by atoms with E-state index in [1.54, 1.807) is 0 Å². The van der Waals surface area contributed by atoms with E-state index in [0.717, 1.165) is 0 Å². The van der Waals surface area contributed by atoms with Crippen LogP contribution in [0, 0.1) is 11.8 Å². The van der Waals surface area contributed by atoms with Crippen LogP contribution < -0.4 is 0 Å². The van der Waals surface area contributed by atoms with E-state index in [9.17, 15) is 61.5 Å². The van der Waals surface area contributed by atoms with Gasteiger partial charge in [0.2, 0.25) is 0 Å². The summed E-state index contributed by atoms with van der Waals surface area (Å²) in [6, 6.07) is 0. The molecule has 0 radical (unpaired) electrons. The highest BCUT2D eigenvalue weighted by Crippen LogP contribution is 2.75. The molecule has 2 fully saturated rings. The maximum absolute atomic E-state index is 13.7. The van der Waals surface area contributed by atoms with Crippen LogP contribution in [0.25, 0.3) is 0 Å². The Bertz CT molecular complexity index is 508. The number of rotatable bonds is 1. The van der Waals surface area contributed by atoms with Crippen LogP contribution in [0.15, 0.2) is 0 Å². The molecule has 0 N–H and O–H groups in total. The summed E-state index contributed by atoms with van der Waals surface area (Å²) >= 11 is 0. The summed E-state index contributed by atoms with van der Waals surface area (Å²) in [5.41, 5.74) is -6.26. The van der Waals surface area contributed by atoms with E-state index in [1.807, 2.05) is 0 Å². The summed E-state index contributed by atoms with van der Waals surface area (Å²) in [6.07, 6.45) is 0. The van der Waals surface area contributed by atoms with Crippen molar-refractivity contribution >= 4 is 0 Å². The largest absolute Gasteiger partial charge is 0.373 e. The fourth-order valence-electron chi connectivity index (χ4n) is 3.03. The summed E-state index contributed by atoms with van der Waals surface area (Å²) in [6.45, 7) is -3.65. The highest BCUT2D eigenvalue weighted by molar-refractivity contribution is 5.30. The number of hydrogen-bond acceptors (Lipinski definition) is 0. The summed E-state index contributed by atoms with van der Waals surface area (Å²) in [4.78, 5) is 0. The van der Waals surface area contributed by atoms with E-state index >= 15 is 0 Å². The maximum atomic E-state index is 13.7. The highest BCUT2D eigenvalue weighted by atomic mass is 19.4. The van der Waals surface area contributed by atoms with E-state index in [4.69, 9.17) is 0 Å². The fourth-order valence-corrected chi connectivity index (χ4v) is 3.03. The van der Waals surface area contributed by atoms with Gasteiger partial charge in [-0.15, -0.1) is 0 Å². The Labute approximate surface area is 122 Å². The standard InChI is InChI=1S/C10H4F14/c11-1-4(12)6(15,16)2-5(13,14)3(7(4,17)18)9(21,22)10(23,24)8(2,19)20/h2-3H,1H2. The van der Waals surface area contributed by atoms with Gasteiger partial charge in [-0.3, -0.25) is 0 Å². The molecule has 0 aromatic rings. The maximum Gasteiger partial charge on any atom is 0.373 e. The molecule has 2 aliphatic rings. The Kier molecular flexibility index (Phi) is 3.40. The zero-order chi connectivity index (χ0) is 19.4. The minimum atomic E-state index is -7.10. The zero-order valence-corrected chi connectivity index (χ0v) is 10.7. The average molecular weight is 390 g/mol. The Hall–Kier alpha value is -0.980. The first kappa shape index (κ1) is 19.3. The number of halogens is 14. The SMILES string of the molecule is FCC1(F)C(F)(F)C2C(F)(F)C(C(F)(F)C(F)(F)C2(F)F)C1(F)F. The van der Waals surface area contributed by atoms with E-state index in [-0.39, 0.29) is 0 Å². The lowest BCUT2D eigenvalue weighted by Gasteiger charge is -2.60. The average Bonchev–Trinajstić information content (AvgIpc) is 2.31. The third-order valence-corrected chi connectivity index (χ3v) is 4.30. The topological polar surface area (TPSA) is 0 Å². The molecular formula is C10H4F14. The van der Waals surface area contributed by atoms with Crippen molar-refractivity contribution in [3.8, 4) is 0 Å². The molecule has 0 heterocycles. The van der Waals surface area contributed by atoms with Gasteiger partial charge >= 0.3 is 29.6 Å².